The lowest BCUT2D eigenvalue weighted by Crippen LogP contribution is -2.50. The number of aliphatic imine (C=N–C) groups is 2. The molecule has 0 aliphatic rings. The van der Waals surface area contributed by atoms with Gasteiger partial charge in [-0.2, -0.15) is 9.98 Å². The Balaban J connectivity index is 2.18. The van der Waals surface area contributed by atoms with Crippen LogP contribution in [-0.2, 0) is 4.74 Å². The van der Waals surface area contributed by atoms with Crippen LogP contribution in [0.15, 0.2) is 57.0 Å². The first-order valence-corrected chi connectivity index (χ1v) is 16.9. The smallest absolute Gasteiger partial charge is 0.434 e. The first-order chi connectivity index (χ1) is 19.5. The van der Waals surface area contributed by atoms with Crippen LogP contribution in [0.3, 0.4) is 0 Å². The van der Waals surface area contributed by atoms with Crippen LogP contribution in [0.1, 0.15) is 53.0 Å². The molecule has 0 radical (unpaired) electrons. The lowest BCUT2D eigenvalue weighted by Gasteiger charge is -2.42. The van der Waals surface area contributed by atoms with E-state index in [1.807, 2.05) is 48.7 Å². The maximum Gasteiger partial charge on any atom is 0.434 e. The van der Waals surface area contributed by atoms with E-state index >= 15 is 0 Å². The van der Waals surface area contributed by atoms with Crippen LogP contribution in [0.5, 0.6) is 11.5 Å². The molecular formula is C30H40N4O5SSi. The normalized spacial score (nSPS) is 12.8. The Morgan fingerprint density at radius 3 is 2.07 bits per heavy atom. The standard InChI is InChI=1S/C30H40N4O5SSi/c1-18(2)41(19(3)4,20(5)6)39-26-17-23(13-16-25(26)36-8)27(29(40-10)33-30(35)37-9)32-24-14-11-22(12-15-24)28-31-21(7)38-34-28/h11-20H,1-10H3/b32-27?,33-29-. The summed E-state index contributed by atoms with van der Waals surface area (Å²) in [7, 11) is 0.635. The molecule has 2 aromatic carbocycles. The number of hydrogen-bond donors (Lipinski definition) is 0. The summed E-state index contributed by atoms with van der Waals surface area (Å²) < 4.78 is 22.7. The van der Waals surface area contributed by atoms with Crippen LogP contribution in [0.4, 0.5) is 10.5 Å². The summed E-state index contributed by atoms with van der Waals surface area (Å²) in [5, 5.41) is 4.39. The predicted octanol–water partition coefficient (Wildman–Crippen LogP) is 8.26. The van der Waals surface area contributed by atoms with Gasteiger partial charge in [-0.25, -0.2) is 9.79 Å². The molecule has 0 saturated heterocycles. The number of rotatable bonds is 10. The van der Waals surface area contributed by atoms with E-state index in [4.69, 9.17) is 23.4 Å². The van der Waals surface area contributed by atoms with Gasteiger partial charge in [-0.15, -0.1) is 11.8 Å². The Hall–Kier alpha value is -3.44. The van der Waals surface area contributed by atoms with Gasteiger partial charge in [0.05, 0.1) is 19.9 Å². The second-order valence-electron chi connectivity index (χ2n) is 10.5. The highest BCUT2D eigenvalue weighted by Crippen LogP contribution is 2.45. The van der Waals surface area contributed by atoms with Crippen molar-refractivity contribution in [2.45, 2.75) is 65.1 Å². The number of nitrogens with zero attached hydrogens (tertiary/aromatic N) is 4. The molecule has 9 nitrogen and oxygen atoms in total. The van der Waals surface area contributed by atoms with Crippen molar-refractivity contribution in [3.8, 4) is 22.9 Å². The zero-order chi connectivity index (χ0) is 30.3. The Morgan fingerprint density at radius 1 is 0.951 bits per heavy atom. The van der Waals surface area contributed by atoms with Crippen LogP contribution in [0, 0.1) is 6.92 Å². The zero-order valence-electron chi connectivity index (χ0n) is 25.5. The van der Waals surface area contributed by atoms with Gasteiger partial charge in [0.2, 0.25) is 11.7 Å². The van der Waals surface area contributed by atoms with E-state index in [0.29, 0.717) is 56.3 Å². The molecule has 0 N–H and O–H groups in total. The molecule has 1 heterocycles. The summed E-state index contributed by atoms with van der Waals surface area (Å²) in [5.74, 6) is 2.29. The monoisotopic (exact) mass is 596 g/mol. The number of thioether (sulfide) groups is 1. The van der Waals surface area contributed by atoms with E-state index in [0.717, 1.165) is 11.1 Å². The molecule has 11 heteroatoms. The third-order valence-electron chi connectivity index (χ3n) is 7.09. The van der Waals surface area contributed by atoms with Crippen LogP contribution < -0.4 is 9.16 Å². The van der Waals surface area contributed by atoms with Gasteiger partial charge in [0.15, 0.2) is 5.75 Å². The van der Waals surface area contributed by atoms with Crippen molar-refractivity contribution in [2.24, 2.45) is 9.98 Å². The van der Waals surface area contributed by atoms with Gasteiger partial charge >= 0.3 is 6.09 Å². The number of ether oxygens (including phenoxy) is 2. The second-order valence-corrected chi connectivity index (χ2v) is 16.7. The van der Waals surface area contributed by atoms with Crippen molar-refractivity contribution in [2.75, 3.05) is 20.5 Å². The summed E-state index contributed by atoms with van der Waals surface area (Å²) in [6.45, 7) is 15.2. The van der Waals surface area contributed by atoms with Crippen molar-refractivity contribution in [1.29, 1.82) is 0 Å². The molecule has 0 bridgehead atoms. The number of aromatic nitrogens is 2. The second kappa shape index (κ2) is 14.0. The summed E-state index contributed by atoms with van der Waals surface area (Å²) in [6.07, 6.45) is 1.13. The van der Waals surface area contributed by atoms with Gasteiger partial charge in [-0.05, 0) is 65.3 Å². The van der Waals surface area contributed by atoms with E-state index in [1.165, 1.54) is 18.9 Å². The fourth-order valence-corrected chi connectivity index (χ4v) is 11.0. The quantitative estimate of drug-likeness (QED) is 0.131. The van der Waals surface area contributed by atoms with E-state index in [-0.39, 0.29) is 0 Å². The molecule has 0 aliphatic heterocycles. The van der Waals surface area contributed by atoms with Gasteiger partial charge in [0.1, 0.15) is 16.5 Å². The Kier molecular flexibility index (Phi) is 10.9. The molecule has 1 aromatic heterocycles. The maximum absolute atomic E-state index is 12.2. The first-order valence-electron chi connectivity index (χ1n) is 13.5. The summed E-state index contributed by atoms with van der Waals surface area (Å²) in [6, 6.07) is 13.1. The Morgan fingerprint density at radius 2 is 1.59 bits per heavy atom. The molecule has 3 aromatic rings. The molecule has 0 unspecified atom stereocenters. The third-order valence-corrected chi connectivity index (χ3v) is 13.7. The minimum atomic E-state index is -2.30. The van der Waals surface area contributed by atoms with Crippen LogP contribution in [-0.4, -0.2) is 55.8 Å². The SMILES string of the molecule is COC(=O)/N=C(\SC)C(=Nc1ccc(-c2noc(C)n2)cc1)c1ccc(OC)c(O[Si](C(C)C)(C(C)C)C(C)C)c1. The summed E-state index contributed by atoms with van der Waals surface area (Å²) in [4.78, 5) is 25.6. The molecule has 220 valence electrons. The molecule has 1 amide bonds. The van der Waals surface area contributed by atoms with Crippen LogP contribution >= 0.6 is 11.8 Å². The molecule has 0 aliphatic carbocycles. The fourth-order valence-electron chi connectivity index (χ4n) is 5.24. The number of carbonyl (C=O) groups excluding carboxylic acids is 1. The van der Waals surface area contributed by atoms with E-state index in [9.17, 15) is 4.79 Å². The van der Waals surface area contributed by atoms with Crippen molar-refractivity contribution in [3.05, 3.63) is 53.9 Å². The minimum absolute atomic E-state index is 0.369. The van der Waals surface area contributed by atoms with E-state index in [2.05, 4.69) is 56.7 Å². The fraction of sp³-hybridized carbons (Fsp3) is 0.433. The molecule has 0 atom stereocenters. The van der Waals surface area contributed by atoms with Gasteiger partial charge < -0.3 is 18.4 Å². The molecule has 0 fully saturated rings. The van der Waals surface area contributed by atoms with Crippen molar-refractivity contribution >= 4 is 42.6 Å². The Bertz CT molecular complexity index is 1380. The lowest BCUT2D eigenvalue weighted by molar-refractivity contribution is 0.183. The summed E-state index contributed by atoms with van der Waals surface area (Å²) in [5.41, 5.74) is 3.80. The average Bonchev–Trinajstić information content (AvgIpc) is 3.39. The Labute approximate surface area is 247 Å². The molecule has 3 rings (SSSR count). The largest absolute Gasteiger partial charge is 0.540 e. The average molecular weight is 597 g/mol. The highest BCUT2D eigenvalue weighted by atomic mass is 32.2. The maximum atomic E-state index is 12.2. The van der Waals surface area contributed by atoms with E-state index < -0.39 is 14.4 Å². The zero-order valence-corrected chi connectivity index (χ0v) is 27.3. The predicted molar refractivity (Wildman–Crippen MR) is 169 cm³/mol. The third kappa shape index (κ3) is 7.26. The highest BCUT2D eigenvalue weighted by molar-refractivity contribution is 8.15. The number of amides is 1. The number of aryl methyl sites for hydroxylation is 1. The van der Waals surface area contributed by atoms with Crippen molar-refractivity contribution in [1.82, 2.24) is 10.1 Å². The van der Waals surface area contributed by atoms with Gasteiger partial charge in [0.25, 0.3) is 8.32 Å². The van der Waals surface area contributed by atoms with E-state index in [1.54, 1.807) is 14.0 Å². The molecule has 0 saturated carbocycles. The van der Waals surface area contributed by atoms with Crippen LogP contribution in [0.25, 0.3) is 11.4 Å². The molecule has 0 spiro atoms. The molecular weight excluding hydrogens is 557 g/mol. The topological polar surface area (TPSA) is 108 Å². The number of carbonyl (C=O) groups is 1. The highest BCUT2D eigenvalue weighted by Gasteiger charge is 2.47. The molecule has 41 heavy (non-hydrogen) atoms. The van der Waals surface area contributed by atoms with Gasteiger partial charge in [-0.3, -0.25) is 0 Å². The number of benzene rings is 2. The van der Waals surface area contributed by atoms with Gasteiger partial charge in [-0.1, -0.05) is 46.7 Å². The van der Waals surface area contributed by atoms with Gasteiger partial charge in [0, 0.05) is 18.1 Å². The lowest BCUT2D eigenvalue weighted by atomic mass is 10.1. The van der Waals surface area contributed by atoms with Crippen molar-refractivity contribution in [3.63, 3.8) is 0 Å². The first kappa shape index (κ1) is 32.1. The minimum Gasteiger partial charge on any atom is -0.540 e. The number of methoxy groups -OCH3 is 2. The summed E-state index contributed by atoms with van der Waals surface area (Å²) >= 11 is 1.30. The number of hydrogen-bond acceptors (Lipinski definition) is 9. The van der Waals surface area contributed by atoms with Crippen molar-refractivity contribution < 1.29 is 23.2 Å². The van der Waals surface area contributed by atoms with Crippen LogP contribution in [0.2, 0.25) is 16.6 Å².